The highest BCUT2D eigenvalue weighted by Gasteiger charge is 2.70. The third-order valence-corrected chi connectivity index (χ3v) is 6.28. The number of hydrogen-bond acceptors (Lipinski definition) is 5. The average Bonchev–Trinajstić information content (AvgIpc) is 3.21. The van der Waals surface area contributed by atoms with Gasteiger partial charge in [-0.2, -0.15) is 0 Å². The Morgan fingerprint density at radius 1 is 1.26 bits per heavy atom. The van der Waals surface area contributed by atoms with Crippen LogP contribution in [0, 0.1) is 17.8 Å². The lowest BCUT2D eigenvalue weighted by Crippen LogP contribution is -2.54. The van der Waals surface area contributed by atoms with Crippen LogP contribution in [-0.2, 0) is 24.7 Å². The van der Waals surface area contributed by atoms with Crippen LogP contribution >= 0.6 is 11.6 Å². The van der Waals surface area contributed by atoms with E-state index in [4.69, 9.17) is 16.3 Å². The molecule has 4 unspecified atom stereocenters. The predicted molar refractivity (Wildman–Crippen MR) is 99.1 cm³/mol. The Morgan fingerprint density at radius 2 is 2.00 bits per heavy atom. The Labute approximate surface area is 162 Å². The van der Waals surface area contributed by atoms with Crippen LogP contribution in [0.25, 0.3) is 0 Å². The molecule has 0 radical (unpaired) electrons. The van der Waals surface area contributed by atoms with Crippen molar-refractivity contribution in [3.63, 3.8) is 0 Å². The van der Waals surface area contributed by atoms with E-state index in [2.05, 4.69) is 10.6 Å². The number of para-hydroxylation sites is 1. The van der Waals surface area contributed by atoms with Crippen LogP contribution in [0.15, 0.2) is 18.2 Å². The minimum atomic E-state index is -1.28. The SMILES string of the molecule is COCCN1C(=O)C2C(C(C)C)NC3(C(=O)Nc4c(Cl)cccc43)C2C1=O. The third kappa shape index (κ3) is 2.31. The number of anilines is 1. The normalized spacial score (nSPS) is 31.8. The second kappa shape index (κ2) is 6.29. The number of hydrogen-bond donors (Lipinski definition) is 2. The minimum Gasteiger partial charge on any atom is -0.383 e. The molecular weight excluding hydrogens is 370 g/mol. The van der Waals surface area contributed by atoms with E-state index in [1.54, 1.807) is 18.2 Å². The first-order chi connectivity index (χ1) is 12.8. The standard InChI is InChI=1S/C19H22ClN3O4/c1-9(2)14-12-13(17(25)23(16(12)24)7-8-27-3)19(22-14)10-5-4-6-11(20)15(10)21-18(19)26/h4-6,9,12-14,22H,7-8H2,1-3H3,(H,21,26). The lowest BCUT2D eigenvalue weighted by molar-refractivity contribution is -0.143. The summed E-state index contributed by atoms with van der Waals surface area (Å²) >= 11 is 6.28. The number of carbonyl (C=O) groups is 3. The number of methoxy groups -OCH3 is 1. The number of amides is 3. The van der Waals surface area contributed by atoms with Crippen LogP contribution in [0.4, 0.5) is 5.69 Å². The van der Waals surface area contributed by atoms with E-state index in [-0.39, 0.29) is 42.8 Å². The van der Waals surface area contributed by atoms with Gasteiger partial charge in [-0.1, -0.05) is 37.6 Å². The van der Waals surface area contributed by atoms with Crippen molar-refractivity contribution >= 4 is 35.0 Å². The van der Waals surface area contributed by atoms with Gasteiger partial charge in [-0.25, -0.2) is 0 Å². The zero-order valence-corrected chi connectivity index (χ0v) is 16.2. The van der Waals surface area contributed by atoms with E-state index < -0.39 is 17.4 Å². The number of benzene rings is 1. The van der Waals surface area contributed by atoms with Crippen molar-refractivity contribution in [2.75, 3.05) is 25.6 Å². The van der Waals surface area contributed by atoms with Gasteiger partial charge in [-0.3, -0.25) is 24.6 Å². The Kier molecular flexibility index (Phi) is 4.29. The Morgan fingerprint density at radius 3 is 2.67 bits per heavy atom. The number of nitrogens with one attached hydrogen (secondary N) is 2. The summed E-state index contributed by atoms with van der Waals surface area (Å²) in [4.78, 5) is 40.8. The van der Waals surface area contributed by atoms with Crippen molar-refractivity contribution in [1.82, 2.24) is 10.2 Å². The van der Waals surface area contributed by atoms with Crippen molar-refractivity contribution in [2.24, 2.45) is 17.8 Å². The van der Waals surface area contributed by atoms with Crippen LogP contribution in [0.3, 0.4) is 0 Å². The molecule has 0 saturated carbocycles. The molecule has 0 bridgehead atoms. The molecule has 3 aliphatic rings. The van der Waals surface area contributed by atoms with Gasteiger partial charge in [0, 0.05) is 18.7 Å². The maximum absolute atomic E-state index is 13.3. The van der Waals surface area contributed by atoms with Gasteiger partial charge in [0.25, 0.3) is 0 Å². The van der Waals surface area contributed by atoms with E-state index >= 15 is 0 Å². The van der Waals surface area contributed by atoms with Gasteiger partial charge in [-0.05, 0) is 12.0 Å². The maximum Gasteiger partial charge on any atom is 0.250 e. The number of halogens is 1. The maximum atomic E-state index is 13.3. The quantitative estimate of drug-likeness (QED) is 0.757. The van der Waals surface area contributed by atoms with E-state index in [0.717, 1.165) is 0 Å². The molecule has 0 aliphatic carbocycles. The van der Waals surface area contributed by atoms with Crippen LogP contribution < -0.4 is 10.6 Å². The summed E-state index contributed by atoms with van der Waals surface area (Å²) < 4.78 is 5.05. The summed E-state index contributed by atoms with van der Waals surface area (Å²) in [7, 11) is 1.52. The highest BCUT2D eigenvalue weighted by molar-refractivity contribution is 6.35. The number of rotatable bonds is 4. The molecule has 8 heteroatoms. The first kappa shape index (κ1) is 18.4. The summed E-state index contributed by atoms with van der Waals surface area (Å²) in [6, 6.07) is 4.95. The number of likely N-dealkylation sites (tertiary alicyclic amines) is 1. The molecule has 0 aromatic heterocycles. The van der Waals surface area contributed by atoms with E-state index in [1.165, 1.54) is 12.0 Å². The molecule has 27 heavy (non-hydrogen) atoms. The average molecular weight is 392 g/mol. The third-order valence-electron chi connectivity index (χ3n) is 5.96. The smallest absolute Gasteiger partial charge is 0.250 e. The molecule has 3 amide bonds. The first-order valence-corrected chi connectivity index (χ1v) is 9.44. The van der Waals surface area contributed by atoms with Crippen LogP contribution in [0.2, 0.25) is 5.02 Å². The largest absolute Gasteiger partial charge is 0.383 e. The highest BCUT2D eigenvalue weighted by Crippen LogP contribution is 2.54. The molecule has 1 aromatic rings. The van der Waals surface area contributed by atoms with Crippen molar-refractivity contribution in [3.05, 3.63) is 28.8 Å². The summed E-state index contributed by atoms with van der Waals surface area (Å²) in [5.41, 5.74) is -0.141. The second-order valence-electron chi connectivity index (χ2n) is 7.66. The predicted octanol–water partition coefficient (Wildman–Crippen LogP) is 1.36. The highest BCUT2D eigenvalue weighted by atomic mass is 35.5. The monoisotopic (exact) mass is 391 g/mol. The number of carbonyl (C=O) groups excluding carboxylic acids is 3. The molecule has 2 fully saturated rings. The molecule has 4 atom stereocenters. The summed E-state index contributed by atoms with van der Waals surface area (Å²) in [5, 5.41) is 6.61. The number of ether oxygens (including phenoxy) is 1. The molecule has 2 saturated heterocycles. The van der Waals surface area contributed by atoms with Crippen LogP contribution in [0.5, 0.6) is 0 Å². The zero-order chi connectivity index (χ0) is 19.5. The molecular formula is C19H22ClN3O4. The van der Waals surface area contributed by atoms with Gasteiger partial charge in [0.15, 0.2) is 0 Å². The molecule has 3 aliphatic heterocycles. The van der Waals surface area contributed by atoms with E-state index in [0.29, 0.717) is 16.3 Å². The van der Waals surface area contributed by atoms with Gasteiger partial charge < -0.3 is 10.1 Å². The van der Waals surface area contributed by atoms with Crippen molar-refractivity contribution < 1.29 is 19.1 Å². The topological polar surface area (TPSA) is 87.7 Å². The lowest BCUT2D eigenvalue weighted by atomic mass is 9.76. The number of nitrogens with zero attached hydrogens (tertiary/aromatic N) is 1. The fourth-order valence-corrected chi connectivity index (χ4v) is 4.98. The zero-order valence-electron chi connectivity index (χ0n) is 15.4. The molecule has 3 heterocycles. The fourth-order valence-electron chi connectivity index (χ4n) is 4.76. The fraction of sp³-hybridized carbons (Fsp3) is 0.526. The molecule has 2 N–H and O–H groups in total. The van der Waals surface area contributed by atoms with Crippen LogP contribution in [-0.4, -0.2) is 48.9 Å². The Hall–Kier alpha value is -1.96. The van der Waals surface area contributed by atoms with Crippen LogP contribution in [0.1, 0.15) is 19.4 Å². The summed E-state index contributed by atoms with van der Waals surface area (Å²) in [6.07, 6.45) is 0. The van der Waals surface area contributed by atoms with Gasteiger partial charge in [-0.15, -0.1) is 0 Å². The molecule has 7 nitrogen and oxygen atoms in total. The van der Waals surface area contributed by atoms with Gasteiger partial charge in [0.05, 0.1) is 35.7 Å². The van der Waals surface area contributed by atoms with Crippen molar-refractivity contribution in [3.8, 4) is 0 Å². The van der Waals surface area contributed by atoms with Gasteiger partial charge in [0.2, 0.25) is 17.7 Å². The first-order valence-electron chi connectivity index (χ1n) is 9.07. The minimum absolute atomic E-state index is 0.0621. The van der Waals surface area contributed by atoms with Gasteiger partial charge >= 0.3 is 0 Å². The number of fused-ring (bicyclic) bond motifs is 4. The lowest BCUT2D eigenvalue weighted by Gasteiger charge is -2.30. The van der Waals surface area contributed by atoms with E-state index in [1.807, 2.05) is 13.8 Å². The van der Waals surface area contributed by atoms with Crippen molar-refractivity contribution in [1.29, 1.82) is 0 Å². The van der Waals surface area contributed by atoms with Crippen molar-refractivity contribution in [2.45, 2.75) is 25.4 Å². The summed E-state index contributed by atoms with van der Waals surface area (Å²) in [5.74, 6) is -2.24. The van der Waals surface area contributed by atoms with E-state index in [9.17, 15) is 14.4 Å². The molecule has 1 spiro atoms. The van der Waals surface area contributed by atoms with Gasteiger partial charge in [0.1, 0.15) is 5.54 Å². The molecule has 144 valence electrons. The summed E-state index contributed by atoms with van der Waals surface area (Å²) in [6.45, 7) is 4.41. The molecule has 4 rings (SSSR count). The molecule has 1 aromatic carbocycles. The second-order valence-corrected chi connectivity index (χ2v) is 8.07. The Bertz CT molecular complexity index is 842. The Balaban J connectivity index is 1.87. The number of imide groups is 1.